The molecule has 2 aliphatic heterocycles. The number of amides is 2. The van der Waals surface area contributed by atoms with Crippen molar-refractivity contribution in [3.05, 3.63) is 34.2 Å². The van der Waals surface area contributed by atoms with E-state index < -0.39 is 29.3 Å². The van der Waals surface area contributed by atoms with E-state index in [2.05, 4.69) is 5.32 Å². The van der Waals surface area contributed by atoms with Gasteiger partial charge in [0.15, 0.2) is 0 Å². The molecule has 1 saturated heterocycles. The van der Waals surface area contributed by atoms with Gasteiger partial charge in [-0.2, -0.15) is 0 Å². The fraction of sp³-hybridized carbons (Fsp3) is 0.680. The van der Waals surface area contributed by atoms with Crippen molar-refractivity contribution < 1.29 is 23.9 Å². The van der Waals surface area contributed by atoms with E-state index in [4.69, 9.17) is 9.47 Å². The van der Waals surface area contributed by atoms with Gasteiger partial charge in [-0.05, 0) is 66.4 Å². The van der Waals surface area contributed by atoms with Gasteiger partial charge < -0.3 is 24.3 Å². The summed E-state index contributed by atoms with van der Waals surface area (Å²) in [5.74, 6) is -0.474. The number of piperidine rings is 1. The number of aromatic nitrogens is 1. The molecule has 2 aliphatic rings. The molecular formula is C25H37N3O6. The van der Waals surface area contributed by atoms with Gasteiger partial charge in [-0.15, -0.1) is 0 Å². The van der Waals surface area contributed by atoms with Gasteiger partial charge >= 0.3 is 12.1 Å². The molecule has 3 atom stereocenters. The molecule has 3 heterocycles. The van der Waals surface area contributed by atoms with Gasteiger partial charge in [0.25, 0.3) is 5.56 Å². The largest absolute Gasteiger partial charge is 0.460 e. The number of carbonyl (C=O) groups is 3. The van der Waals surface area contributed by atoms with Gasteiger partial charge in [-0.3, -0.25) is 14.4 Å². The molecule has 2 bridgehead atoms. The maximum atomic E-state index is 13.5. The SMILES string of the molecule is CC(C)(C)OC(=O)CCC(NC(=O)OC(C)(C)C)C(=O)N1CC2CC(C1)c1cccc(=O)n1C2. The Labute approximate surface area is 200 Å². The molecule has 9 heteroatoms. The number of nitrogens with zero attached hydrogens (tertiary/aromatic N) is 2. The Bertz CT molecular complexity index is 988. The van der Waals surface area contributed by atoms with Gasteiger partial charge in [-0.1, -0.05) is 6.07 Å². The number of esters is 1. The van der Waals surface area contributed by atoms with Crippen LogP contribution in [0.5, 0.6) is 0 Å². The molecule has 0 radical (unpaired) electrons. The molecule has 0 spiro atoms. The lowest BCUT2D eigenvalue weighted by molar-refractivity contribution is -0.155. The second-order valence-corrected chi connectivity index (χ2v) is 11.3. The normalized spacial score (nSPS) is 20.7. The first kappa shape index (κ1) is 25.8. The van der Waals surface area contributed by atoms with Crippen molar-refractivity contribution in [3.63, 3.8) is 0 Å². The highest BCUT2D eigenvalue weighted by Gasteiger charge is 2.38. The van der Waals surface area contributed by atoms with Gasteiger partial charge in [0.2, 0.25) is 5.91 Å². The molecule has 0 saturated carbocycles. The minimum Gasteiger partial charge on any atom is -0.460 e. The van der Waals surface area contributed by atoms with Gasteiger partial charge in [0.1, 0.15) is 17.2 Å². The van der Waals surface area contributed by atoms with E-state index >= 15 is 0 Å². The Morgan fingerprint density at radius 1 is 1.03 bits per heavy atom. The van der Waals surface area contributed by atoms with Crippen molar-refractivity contribution in [2.45, 2.75) is 90.5 Å². The number of hydrogen-bond acceptors (Lipinski definition) is 6. The highest BCUT2D eigenvalue weighted by atomic mass is 16.6. The summed E-state index contributed by atoms with van der Waals surface area (Å²) < 4.78 is 12.5. The molecule has 2 amide bonds. The zero-order valence-electron chi connectivity index (χ0n) is 21.1. The van der Waals surface area contributed by atoms with E-state index in [9.17, 15) is 19.2 Å². The van der Waals surface area contributed by atoms with Crippen molar-refractivity contribution in [1.29, 1.82) is 0 Å². The summed E-state index contributed by atoms with van der Waals surface area (Å²) in [6.45, 7) is 12.1. The quantitative estimate of drug-likeness (QED) is 0.657. The standard InChI is InChI=1S/C25H37N3O6/c1-24(2,3)33-21(30)11-10-18(26-23(32)34-25(4,5)6)22(31)27-13-16-12-17(15-27)19-8-7-9-20(29)28(19)14-16/h7-9,16-18H,10-15H2,1-6H3,(H,26,32). The first-order valence-electron chi connectivity index (χ1n) is 11.9. The number of carbonyl (C=O) groups excluding carboxylic acids is 3. The van der Waals surface area contributed by atoms with E-state index in [1.54, 1.807) is 63.1 Å². The van der Waals surface area contributed by atoms with Crippen LogP contribution in [0.3, 0.4) is 0 Å². The molecule has 34 heavy (non-hydrogen) atoms. The first-order chi connectivity index (χ1) is 15.7. The number of ether oxygens (including phenoxy) is 2. The van der Waals surface area contributed by atoms with Crippen molar-refractivity contribution in [3.8, 4) is 0 Å². The molecule has 0 aromatic carbocycles. The van der Waals surface area contributed by atoms with Crippen LogP contribution in [0.4, 0.5) is 4.79 Å². The van der Waals surface area contributed by atoms with Crippen LogP contribution >= 0.6 is 0 Å². The number of pyridine rings is 1. The third-order valence-electron chi connectivity index (χ3n) is 5.84. The molecule has 1 aromatic heterocycles. The van der Waals surface area contributed by atoms with Crippen molar-refractivity contribution >= 4 is 18.0 Å². The van der Waals surface area contributed by atoms with Crippen LogP contribution in [-0.4, -0.2) is 57.8 Å². The first-order valence-corrected chi connectivity index (χ1v) is 11.9. The second-order valence-electron chi connectivity index (χ2n) is 11.3. The Morgan fingerprint density at radius 2 is 1.71 bits per heavy atom. The van der Waals surface area contributed by atoms with Gasteiger partial charge in [-0.25, -0.2) is 4.79 Å². The second kappa shape index (κ2) is 9.80. The van der Waals surface area contributed by atoms with E-state index in [0.717, 1.165) is 12.1 Å². The monoisotopic (exact) mass is 475 g/mol. The van der Waals surface area contributed by atoms with Gasteiger partial charge in [0.05, 0.1) is 0 Å². The predicted octanol–water partition coefficient (Wildman–Crippen LogP) is 2.81. The number of hydrogen-bond donors (Lipinski definition) is 1. The summed E-state index contributed by atoms with van der Waals surface area (Å²) >= 11 is 0. The lowest BCUT2D eigenvalue weighted by Gasteiger charge is -2.43. The van der Waals surface area contributed by atoms with Crippen LogP contribution < -0.4 is 10.9 Å². The summed E-state index contributed by atoms with van der Waals surface area (Å²) in [5, 5.41) is 2.67. The van der Waals surface area contributed by atoms with Crippen molar-refractivity contribution in [2.24, 2.45) is 5.92 Å². The fourth-order valence-electron chi connectivity index (χ4n) is 4.66. The number of rotatable bonds is 5. The van der Waals surface area contributed by atoms with Crippen LogP contribution in [0.25, 0.3) is 0 Å². The molecule has 1 fully saturated rings. The molecule has 1 N–H and O–H groups in total. The Balaban J connectivity index is 1.74. The smallest absolute Gasteiger partial charge is 0.408 e. The number of likely N-dealkylation sites (tertiary alicyclic amines) is 1. The highest BCUT2D eigenvalue weighted by molar-refractivity contribution is 5.86. The maximum Gasteiger partial charge on any atom is 0.408 e. The molecule has 9 nitrogen and oxygen atoms in total. The van der Waals surface area contributed by atoms with Crippen LogP contribution in [0.1, 0.15) is 72.4 Å². The topological polar surface area (TPSA) is 107 Å². The van der Waals surface area contributed by atoms with Crippen LogP contribution in [0.2, 0.25) is 0 Å². The zero-order chi connectivity index (χ0) is 25.3. The zero-order valence-corrected chi connectivity index (χ0v) is 21.1. The Kier molecular flexibility index (Phi) is 7.43. The molecule has 0 aliphatic carbocycles. The Morgan fingerprint density at radius 3 is 2.35 bits per heavy atom. The van der Waals surface area contributed by atoms with Gasteiger partial charge in [0, 0.05) is 43.7 Å². The minimum absolute atomic E-state index is 0.0115. The van der Waals surface area contributed by atoms with E-state index in [1.807, 2.05) is 6.07 Å². The number of alkyl carbamates (subject to hydrolysis) is 1. The maximum absolute atomic E-state index is 13.5. The highest BCUT2D eigenvalue weighted by Crippen LogP contribution is 2.35. The number of nitrogens with one attached hydrogen (secondary N) is 1. The summed E-state index contributed by atoms with van der Waals surface area (Å²) in [7, 11) is 0. The molecule has 3 rings (SSSR count). The summed E-state index contributed by atoms with van der Waals surface area (Å²) in [6.07, 6.45) is 0.302. The molecule has 1 aromatic rings. The third kappa shape index (κ3) is 6.84. The number of fused-ring (bicyclic) bond motifs is 4. The lowest BCUT2D eigenvalue weighted by Crippen LogP contribution is -2.55. The summed E-state index contributed by atoms with van der Waals surface area (Å²) in [4.78, 5) is 52.3. The van der Waals surface area contributed by atoms with E-state index in [1.165, 1.54) is 0 Å². The van der Waals surface area contributed by atoms with Crippen molar-refractivity contribution in [2.75, 3.05) is 13.1 Å². The molecule has 188 valence electrons. The summed E-state index contributed by atoms with van der Waals surface area (Å²) in [5.41, 5.74) is -0.437. The van der Waals surface area contributed by atoms with E-state index in [0.29, 0.717) is 19.6 Å². The van der Waals surface area contributed by atoms with Crippen LogP contribution in [0, 0.1) is 5.92 Å². The van der Waals surface area contributed by atoms with Crippen LogP contribution in [-0.2, 0) is 25.6 Å². The third-order valence-corrected chi connectivity index (χ3v) is 5.84. The Hall–Kier alpha value is -2.84. The lowest BCUT2D eigenvalue weighted by atomic mass is 9.83. The molecule has 3 unspecified atom stereocenters. The van der Waals surface area contributed by atoms with Crippen LogP contribution in [0.15, 0.2) is 23.0 Å². The average molecular weight is 476 g/mol. The molecular weight excluding hydrogens is 438 g/mol. The average Bonchev–Trinajstić information content (AvgIpc) is 2.68. The summed E-state index contributed by atoms with van der Waals surface area (Å²) in [6, 6.07) is 4.34. The van der Waals surface area contributed by atoms with Crippen molar-refractivity contribution in [1.82, 2.24) is 14.8 Å². The van der Waals surface area contributed by atoms with E-state index in [-0.39, 0.29) is 36.1 Å². The fourth-order valence-corrected chi connectivity index (χ4v) is 4.66. The predicted molar refractivity (Wildman–Crippen MR) is 126 cm³/mol. The minimum atomic E-state index is -0.917.